The first-order valence-corrected chi connectivity index (χ1v) is 9.76. The molecule has 0 bridgehead atoms. The Labute approximate surface area is 142 Å². The van der Waals surface area contributed by atoms with Crippen LogP contribution in [0.4, 0.5) is 0 Å². The van der Waals surface area contributed by atoms with Crippen molar-refractivity contribution in [3.8, 4) is 11.5 Å². The Hall–Kier alpha value is -1.80. The van der Waals surface area contributed by atoms with E-state index in [1.54, 1.807) is 22.5 Å². The number of carbonyl (C=O) groups is 1. The SMILES string of the molecule is C[C@@H]1CCCCN1S(=O)(=O)CCNC(=O)c1ccc2c(c1)OCO2. The van der Waals surface area contributed by atoms with Gasteiger partial charge in [-0.3, -0.25) is 4.79 Å². The van der Waals surface area contributed by atoms with Gasteiger partial charge in [-0.25, -0.2) is 8.42 Å². The monoisotopic (exact) mass is 354 g/mol. The lowest BCUT2D eigenvalue weighted by Crippen LogP contribution is -2.45. The topological polar surface area (TPSA) is 84.9 Å². The second-order valence-electron chi connectivity index (χ2n) is 6.10. The molecule has 1 aromatic rings. The molecule has 2 aliphatic rings. The molecule has 8 heteroatoms. The Morgan fingerprint density at radius 3 is 2.88 bits per heavy atom. The van der Waals surface area contributed by atoms with Gasteiger partial charge >= 0.3 is 0 Å². The van der Waals surface area contributed by atoms with Gasteiger partial charge in [0, 0.05) is 24.7 Å². The molecular formula is C16H22N2O5S. The van der Waals surface area contributed by atoms with Crippen LogP contribution < -0.4 is 14.8 Å². The van der Waals surface area contributed by atoms with Crippen molar-refractivity contribution in [3.05, 3.63) is 23.8 Å². The molecule has 1 N–H and O–H groups in total. The van der Waals surface area contributed by atoms with Crippen LogP contribution in [0.25, 0.3) is 0 Å². The number of ether oxygens (including phenoxy) is 2. The second kappa shape index (κ2) is 6.98. The van der Waals surface area contributed by atoms with Crippen molar-refractivity contribution in [2.75, 3.05) is 25.6 Å². The van der Waals surface area contributed by atoms with Crippen molar-refractivity contribution >= 4 is 15.9 Å². The molecule has 132 valence electrons. The number of fused-ring (bicyclic) bond motifs is 1. The van der Waals surface area contributed by atoms with Crippen molar-refractivity contribution in [3.63, 3.8) is 0 Å². The van der Waals surface area contributed by atoms with Crippen LogP contribution in [0.1, 0.15) is 36.5 Å². The Balaban J connectivity index is 1.55. The number of nitrogens with zero attached hydrogens (tertiary/aromatic N) is 1. The Kier molecular flexibility index (Phi) is 4.96. The van der Waals surface area contributed by atoms with Crippen LogP contribution in [-0.4, -0.2) is 50.3 Å². The quantitative estimate of drug-likeness (QED) is 0.863. The van der Waals surface area contributed by atoms with Crippen molar-refractivity contribution in [2.45, 2.75) is 32.2 Å². The van der Waals surface area contributed by atoms with Crippen molar-refractivity contribution < 1.29 is 22.7 Å². The van der Waals surface area contributed by atoms with Crippen molar-refractivity contribution in [2.24, 2.45) is 0 Å². The number of nitrogens with one attached hydrogen (secondary N) is 1. The van der Waals surface area contributed by atoms with E-state index in [1.807, 2.05) is 6.92 Å². The van der Waals surface area contributed by atoms with E-state index in [0.29, 0.717) is 23.6 Å². The number of piperidine rings is 1. The van der Waals surface area contributed by atoms with Crippen LogP contribution in [0.3, 0.4) is 0 Å². The smallest absolute Gasteiger partial charge is 0.251 e. The van der Waals surface area contributed by atoms with Gasteiger partial charge in [0.2, 0.25) is 16.8 Å². The zero-order valence-electron chi connectivity index (χ0n) is 13.7. The number of hydrogen-bond donors (Lipinski definition) is 1. The van der Waals surface area contributed by atoms with Crippen molar-refractivity contribution in [1.29, 1.82) is 0 Å². The molecule has 1 saturated heterocycles. The summed E-state index contributed by atoms with van der Waals surface area (Å²) in [6.45, 7) is 2.73. The number of amides is 1. The van der Waals surface area contributed by atoms with Gasteiger partial charge in [-0.1, -0.05) is 6.42 Å². The number of rotatable bonds is 5. The fourth-order valence-corrected chi connectivity index (χ4v) is 4.69. The predicted octanol–water partition coefficient (Wildman–Crippen LogP) is 1.35. The highest BCUT2D eigenvalue weighted by Crippen LogP contribution is 2.32. The maximum Gasteiger partial charge on any atom is 0.251 e. The molecule has 0 aliphatic carbocycles. The average Bonchev–Trinajstić information content (AvgIpc) is 3.02. The van der Waals surface area contributed by atoms with Crippen LogP contribution in [0, 0.1) is 0 Å². The predicted molar refractivity (Wildman–Crippen MR) is 88.7 cm³/mol. The van der Waals surface area contributed by atoms with Crippen LogP contribution in [-0.2, 0) is 10.0 Å². The van der Waals surface area contributed by atoms with Crippen LogP contribution in [0.15, 0.2) is 18.2 Å². The molecule has 0 unspecified atom stereocenters. The molecule has 0 saturated carbocycles. The normalized spacial score (nSPS) is 20.8. The lowest BCUT2D eigenvalue weighted by molar-refractivity contribution is 0.0955. The highest BCUT2D eigenvalue weighted by atomic mass is 32.2. The highest BCUT2D eigenvalue weighted by Gasteiger charge is 2.29. The summed E-state index contributed by atoms with van der Waals surface area (Å²) in [5.74, 6) is 0.717. The largest absolute Gasteiger partial charge is 0.454 e. The fraction of sp³-hybridized carbons (Fsp3) is 0.562. The van der Waals surface area contributed by atoms with Crippen LogP contribution in [0.2, 0.25) is 0 Å². The minimum Gasteiger partial charge on any atom is -0.454 e. The first kappa shape index (κ1) is 17.0. The van der Waals surface area contributed by atoms with Gasteiger partial charge < -0.3 is 14.8 Å². The van der Waals surface area contributed by atoms with E-state index in [1.165, 1.54) is 0 Å². The summed E-state index contributed by atoms with van der Waals surface area (Å²) < 4.78 is 36.8. The van der Waals surface area contributed by atoms with Gasteiger partial charge in [0.1, 0.15) is 0 Å². The Bertz CT molecular complexity index is 719. The van der Waals surface area contributed by atoms with Gasteiger partial charge in [-0.05, 0) is 38.0 Å². The molecule has 0 spiro atoms. The number of hydrogen-bond acceptors (Lipinski definition) is 5. The van der Waals surface area contributed by atoms with E-state index in [9.17, 15) is 13.2 Å². The summed E-state index contributed by atoms with van der Waals surface area (Å²) in [6.07, 6.45) is 2.85. The lowest BCUT2D eigenvalue weighted by atomic mass is 10.1. The van der Waals surface area contributed by atoms with E-state index in [0.717, 1.165) is 19.3 Å². The highest BCUT2D eigenvalue weighted by molar-refractivity contribution is 7.89. The third-order valence-electron chi connectivity index (χ3n) is 4.38. The number of benzene rings is 1. The second-order valence-corrected chi connectivity index (χ2v) is 8.14. The summed E-state index contributed by atoms with van der Waals surface area (Å²) in [4.78, 5) is 12.2. The van der Waals surface area contributed by atoms with Gasteiger partial charge in [-0.15, -0.1) is 0 Å². The summed E-state index contributed by atoms with van der Waals surface area (Å²) in [5.41, 5.74) is 0.419. The minimum absolute atomic E-state index is 0.0355. The molecule has 1 amide bonds. The Morgan fingerprint density at radius 1 is 1.29 bits per heavy atom. The molecule has 7 nitrogen and oxygen atoms in total. The minimum atomic E-state index is -3.35. The van der Waals surface area contributed by atoms with Gasteiger partial charge in [0.05, 0.1) is 5.75 Å². The lowest BCUT2D eigenvalue weighted by Gasteiger charge is -2.32. The van der Waals surface area contributed by atoms with Gasteiger partial charge in [0.25, 0.3) is 5.91 Å². The molecule has 2 heterocycles. The molecule has 1 atom stereocenters. The molecule has 3 rings (SSSR count). The first-order chi connectivity index (χ1) is 11.5. The standard InChI is InChI=1S/C16H22N2O5S/c1-12-4-2-3-8-18(12)24(20,21)9-7-17-16(19)13-5-6-14-15(10-13)23-11-22-14/h5-6,10,12H,2-4,7-9,11H2,1H3,(H,17,19)/t12-/m1/s1. The Morgan fingerprint density at radius 2 is 2.08 bits per heavy atom. The molecule has 2 aliphatic heterocycles. The van der Waals surface area contributed by atoms with Gasteiger partial charge in [-0.2, -0.15) is 4.31 Å². The first-order valence-electron chi connectivity index (χ1n) is 8.15. The number of carbonyl (C=O) groups excluding carboxylic acids is 1. The van der Waals surface area contributed by atoms with Crippen molar-refractivity contribution in [1.82, 2.24) is 9.62 Å². The maximum atomic E-state index is 12.4. The molecule has 0 radical (unpaired) electrons. The van der Waals surface area contributed by atoms with Crippen LogP contribution >= 0.6 is 0 Å². The summed E-state index contributed by atoms with van der Waals surface area (Å²) >= 11 is 0. The van der Waals surface area contributed by atoms with E-state index in [-0.39, 0.29) is 31.0 Å². The average molecular weight is 354 g/mol. The molecule has 24 heavy (non-hydrogen) atoms. The molecular weight excluding hydrogens is 332 g/mol. The molecule has 1 aromatic carbocycles. The maximum absolute atomic E-state index is 12.4. The van der Waals surface area contributed by atoms with E-state index in [4.69, 9.17) is 9.47 Å². The summed E-state index contributed by atoms with van der Waals surface area (Å²) in [6, 6.07) is 4.93. The third kappa shape index (κ3) is 3.64. The van der Waals surface area contributed by atoms with Gasteiger partial charge in [0.15, 0.2) is 11.5 Å². The zero-order chi connectivity index (χ0) is 17.2. The molecule has 1 fully saturated rings. The zero-order valence-corrected chi connectivity index (χ0v) is 14.5. The summed E-state index contributed by atoms with van der Waals surface area (Å²) in [5, 5.41) is 2.66. The molecule has 0 aromatic heterocycles. The third-order valence-corrected chi connectivity index (χ3v) is 6.36. The summed E-state index contributed by atoms with van der Waals surface area (Å²) in [7, 11) is -3.35. The van der Waals surface area contributed by atoms with E-state index in [2.05, 4.69) is 5.32 Å². The fourth-order valence-electron chi connectivity index (χ4n) is 3.04. The van der Waals surface area contributed by atoms with Crippen LogP contribution in [0.5, 0.6) is 11.5 Å². The van der Waals surface area contributed by atoms with E-state index >= 15 is 0 Å². The van der Waals surface area contributed by atoms with E-state index < -0.39 is 10.0 Å². The number of sulfonamides is 1.